The van der Waals surface area contributed by atoms with Crippen LogP contribution in [0.5, 0.6) is 5.75 Å². The minimum Gasteiger partial charge on any atom is -0.464 e. The number of carbonyl (C=O) groups is 2. The largest absolute Gasteiger partial charge is 0.464 e. The van der Waals surface area contributed by atoms with Gasteiger partial charge in [-0.25, -0.2) is 4.79 Å². The van der Waals surface area contributed by atoms with Crippen LogP contribution in [0.15, 0.2) is 24.3 Å². The number of hydrogen-bond acceptors (Lipinski definition) is 5. The van der Waals surface area contributed by atoms with Gasteiger partial charge in [0.15, 0.2) is 0 Å². The predicted molar refractivity (Wildman–Crippen MR) is 88.2 cm³/mol. The first-order chi connectivity index (χ1) is 10.6. The van der Waals surface area contributed by atoms with Gasteiger partial charge in [0.2, 0.25) is 0 Å². The van der Waals surface area contributed by atoms with E-state index in [9.17, 15) is 9.59 Å². The smallest absolute Gasteiger partial charge is 0.414 e. The average Bonchev–Trinajstić information content (AvgIpc) is 2.45. The summed E-state index contributed by atoms with van der Waals surface area (Å²) in [7, 11) is 3.22. The van der Waals surface area contributed by atoms with E-state index in [1.807, 2.05) is 20.8 Å². The lowest BCUT2D eigenvalue weighted by Crippen LogP contribution is -2.36. The third-order valence-corrected chi connectivity index (χ3v) is 2.90. The highest BCUT2D eigenvalue weighted by molar-refractivity contribution is 5.76. The average molecular weight is 322 g/mol. The molecule has 1 atom stereocenters. The maximum absolute atomic E-state index is 11.9. The number of amides is 1. The minimum absolute atomic E-state index is 0.0899. The second-order valence-corrected chi connectivity index (χ2v) is 6.89. The van der Waals surface area contributed by atoms with Crippen molar-refractivity contribution in [3.63, 3.8) is 0 Å². The fraction of sp³-hybridized carbons (Fsp3) is 0.529. The number of carbonyl (C=O) groups excluding carboxylic acids is 2. The van der Waals surface area contributed by atoms with Crippen LogP contribution in [0.4, 0.5) is 4.79 Å². The number of ether oxygens (including phenoxy) is 2. The van der Waals surface area contributed by atoms with E-state index in [4.69, 9.17) is 15.2 Å². The van der Waals surface area contributed by atoms with Crippen LogP contribution < -0.4 is 10.5 Å². The van der Waals surface area contributed by atoms with Crippen molar-refractivity contribution in [2.45, 2.75) is 33.2 Å². The molecule has 23 heavy (non-hydrogen) atoms. The molecule has 0 aliphatic carbocycles. The quantitative estimate of drug-likeness (QED) is 0.841. The second-order valence-electron chi connectivity index (χ2n) is 6.89. The van der Waals surface area contributed by atoms with Gasteiger partial charge in [0.25, 0.3) is 0 Å². The van der Waals surface area contributed by atoms with Crippen molar-refractivity contribution < 1.29 is 19.1 Å². The number of nitrogens with two attached hydrogens (primary N) is 1. The van der Waals surface area contributed by atoms with Crippen LogP contribution in [0, 0.1) is 5.41 Å². The molecule has 1 rings (SSSR count). The van der Waals surface area contributed by atoms with Gasteiger partial charge in [-0.2, -0.15) is 0 Å². The van der Waals surface area contributed by atoms with Crippen molar-refractivity contribution in [2.24, 2.45) is 11.1 Å². The molecule has 0 aliphatic heterocycles. The third kappa shape index (κ3) is 7.15. The molecule has 0 spiro atoms. The van der Waals surface area contributed by atoms with Crippen LogP contribution in [0.25, 0.3) is 0 Å². The molecule has 6 nitrogen and oxygen atoms in total. The molecule has 6 heteroatoms. The normalized spacial score (nSPS) is 12.4. The zero-order valence-electron chi connectivity index (χ0n) is 14.5. The number of esters is 1. The predicted octanol–water partition coefficient (Wildman–Crippen LogP) is 2.21. The third-order valence-electron chi connectivity index (χ3n) is 2.90. The van der Waals surface area contributed by atoms with E-state index in [0.29, 0.717) is 18.8 Å². The molecule has 0 fully saturated rings. The van der Waals surface area contributed by atoms with E-state index < -0.39 is 18.1 Å². The Morgan fingerprint density at radius 1 is 1.17 bits per heavy atom. The Bertz CT molecular complexity index is 533. The van der Waals surface area contributed by atoms with Gasteiger partial charge in [0.05, 0.1) is 6.61 Å². The van der Waals surface area contributed by atoms with E-state index in [0.717, 1.165) is 5.56 Å². The molecule has 0 saturated heterocycles. The van der Waals surface area contributed by atoms with E-state index in [-0.39, 0.29) is 5.41 Å². The molecule has 0 radical (unpaired) electrons. The molecule has 0 heterocycles. The highest BCUT2D eigenvalue weighted by Gasteiger charge is 2.19. The monoisotopic (exact) mass is 322 g/mol. The van der Waals surface area contributed by atoms with Crippen LogP contribution in [0.3, 0.4) is 0 Å². The van der Waals surface area contributed by atoms with Crippen molar-refractivity contribution in [3.8, 4) is 5.75 Å². The summed E-state index contributed by atoms with van der Waals surface area (Å²) in [6.45, 7) is 6.29. The first-order valence-corrected chi connectivity index (χ1v) is 7.49. The summed E-state index contributed by atoms with van der Waals surface area (Å²) >= 11 is 0. The van der Waals surface area contributed by atoms with Crippen LogP contribution in [0.2, 0.25) is 0 Å². The van der Waals surface area contributed by atoms with E-state index >= 15 is 0 Å². The Balaban J connectivity index is 2.54. The van der Waals surface area contributed by atoms with Gasteiger partial charge in [0, 0.05) is 14.1 Å². The number of benzene rings is 1. The van der Waals surface area contributed by atoms with Crippen molar-refractivity contribution in [3.05, 3.63) is 29.8 Å². The Hall–Kier alpha value is -2.08. The molecule has 0 bridgehead atoms. The molecule has 2 N–H and O–H groups in total. The molecule has 0 saturated carbocycles. The van der Waals surface area contributed by atoms with E-state index in [2.05, 4.69) is 0 Å². The summed E-state index contributed by atoms with van der Waals surface area (Å²) in [5.41, 5.74) is 6.65. The Kier molecular flexibility index (Phi) is 6.57. The number of nitrogens with zero attached hydrogens (tertiary/aromatic N) is 1. The van der Waals surface area contributed by atoms with Crippen LogP contribution in [-0.2, 0) is 16.0 Å². The van der Waals surface area contributed by atoms with Crippen molar-refractivity contribution in [1.82, 2.24) is 4.90 Å². The Morgan fingerprint density at radius 3 is 2.22 bits per heavy atom. The topological polar surface area (TPSA) is 81.9 Å². The molecule has 1 aromatic rings. The molecule has 128 valence electrons. The summed E-state index contributed by atoms with van der Waals surface area (Å²) in [5.74, 6) is 0.0272. The highest BCUT2D eigenvalue weighted by Crippen LogP contribution is 2.16. The number of rotatable bonds is 5. The summed E-state index contributed by atoms with van der Waals surface area (Å²) in [6.07, 6.45) is -0.0783. The van der Waals surface area contributed by atoms with E-state index in [1.54, 1.807) is 38.4 Å². The first kappa shape index (κ1) is 19.0. The summed E-state index contributed by atoms with van der Waals surface area (Å²) in [6, 6.07) is 6.17. The zero-order valence-corrected chi connectivity index (χ0v) is 14.5. The van der Waals surface area contributed by atoms with Gasteiger partial charge in [-0.05, 0) is 29.5 Å². The molecule has 0 aromatic heterocycles. The van der Waals surface area contributed by atoms with Crippen molar-refractivity contribution >= 4 is 12.1 Å². The Labute approximate surface area is 137 Å². The molecule has 0 aliphatic rings. The molecular weight excluding hydrogens is 296 g/mol. The lowest BCUT2D eigenvalue weighted by molar-refractivity contribution is -0.147. The maximum Gasteiger partial charge on any atom is 0.414 e. The van der Waals surface area contributed by atoms with Crippen molar-refractivity contribution in [2.75, 3.05) is 20.7 Å². The van der Waals surface area contributed by atoms with Crippen LogP contribution in [0.1, 0.15) is 26.3 Å². The second kappa shape index (κ2) is 7.97. The summed E-state index contributed by atoms with van der Waals surface area (Å²) in [5, 5.41) is 0. The van der Waals surface area contributed by atoms with Gasteiger partial charge < -0.3 is 20.1 Å². The summed E-state index contributed by atoms with van der Waals surface area (Å²) in [4.78, 5) is 24.6. The minimum atomic E-state index is -0.715. The standard InChI is InChI=1S/C17H26N2O4/c1-17(2,3)11-22-15(20)14(18)10-12-6-8-13(9-7-12)23-16(21)19(4)5/h6-9,14H,10-11,18H2,1-5H3/t14-/m0/s1. The first-order valence-electron chi connectivity index (χ1n) is 7.49. The fourth-order valence-electron chi connectivity index (χ4n) is 1.62. The van der Waals surface area contributed by atoms with Gasteiger partial charge >= 0.3 is 12.1 Å². The lowest BCUT2D eigenvalue weighted by Gasteiger charge is -2.19. The Morgan fingerprint density at radius 2 is 1.74 bits per heavy atom. The van der Waals surface area contributed by atoms with Gasteiger partial charge in [-0.15, -0.1) is 0 Å². The van der Waals surface area contributed by atoms with Crippen LogP contribution in [-0.4, -0.2) is 43.7 Å². The van der Waals surface area contributed by atoms with E-state index in [1.165, 1.54) is 4.90 Å². The summed E-state index contributed by atoms with van der Waals surface area (Å²) < 4.78 is 10.3. The zero-order chi connectivity index (χ0) is 17.6. The van der Waals surface area contributed by atoms with Gasteiger partial charge in [-0.1, -0.05) is 32.9 Å². The van der Waals surface area contributed by atoms with Gasteiger partial charge in [-0.3, -0.25) is 4.79 Å². The van der Waals surface area contributed by atoms with Crippen molar-refractivity contribution in [1.29, 1.82) is 0 Å². The van der Waals surface area contributed by atoms with Gasteiger partial charge in [0.1, 0.15) is 11.8 Å². The molecule has 0 unspecified atom stereocenters. The maximum atomic E-state index is 11.9. The SMILES string of the molecule is CN(C)C(=O)Oc1ccc(C[C@H](N)C(=O)OCC(C)(C)C)cc1. The molecule has 1 amide bonds. The molecular formula is C17H26N2O4. The highest BCUT2D eigenvalue weighted by atomic mass is 16.6. The molecule has 1 aromatic carbocycles. The van der Waals surface area contributed by atoms with Crippen LogP contribution >= 0.6 is 0 Å². The fourth-order valence-corrected chi connectivity index (χ4v) is 1.62. The number of hydrogen-bond donors (Lipinski definition) is 1. The lowest BCUT2D eigenvalue weighted by atomic mass is 9.98.